The molecule has 1 saturated heterocycles. The van der Waals surface area contributed by atoms with Crippen LogP contribution in [0.25, 0.3) is 0 Å². The lowest BCUT2D eigenvalue weighted by Gasteiger charge is -2.34. The molecule has 0 radical (unpaired) electrons. The van der Waals surface area contributed by atoms with Crippen LogP contribution in [0.1, 0.15) is 5.56 Å². The number of nitrogens with zero attached hydrogens (tertiary/aromatic N) is 2. The molecule has 3 nitrogen and oxygen atoms in total. The number of halogens is 3. The lowest BCUT2D eigenvalue weighted by atomic mass is 10.1. The molecule has 0 spiro atoms. The smallest absolute Gasteiger partial charge is 0.227 e. The minimum Gasteiger partial charge on any atom is -0.340 e. The number of rotatable bonds is 4. The predicted molar refractivity (Wildman–Crippen MR) is 76.9 cm³/mol. The van der Waals surface area contributed by atoms with Crippen molar-refractivity contribution in [1.82, 2.24) is 9.80 Å². The number of alkyl halides is 1. The lowest BCUT2D eigenvalue weighted by molar-refractivity contribution is -0.132. The molecular formula is C14H17BrF2N2O. The summed E-state index contributed by atoms with van der Waals surface area (Å²) in [6.45, 7) is 3.96. The maximum Gasteiger partial charge on any atom is 0.227 e. The van der Waals surface area contributed by atoms with Crippen LogP contribution in [0.2, 0.25) is 0 Å². The van der Waals surface area contributed by atoms with Crippen LogP contribution in [-0.4, -0.2) is 53.8 Å². The number of carbonyl (C=O) groups is 1. The van der Waals surface area contributed by atoms with Crippen molar-refractivity contribution in [2.75, 3.05) is 38.1 Å². The third kappa shape index (κ3) is 3.99. The van der Waals surface area contributed by atoms with Crippen LogP contribution >= 0.6 is 15.9 Å². The van der Waals surface area contributed by atoms with Gasteiger partial charge in [-0.1, -0.05) is 22.0 Å². The van der Waals surface area contributed by atoms with Gasteiger partial charge in [-0.25, -0.2) is 8.78 Å². The SMILES string of the molecule is O=C(Cc1ccc(F)cc1F)N1CCN(CCBr)CC1. The van der Waals surface area contributed by atoms with Crippen molar-refractivity contribution in [3.05, 3.63) is 35.4 Å². The summed E-state index contributed by atoms with van der Waals surface area (Å²) < 4.78 is 26.3. The van der Waals surface area contributed by atoms with E-state index in [9.17, 15) is 13.6 Å². The number of carbonyl (C=O) groups excluding carboxylic acids is 1. The number of hydrogen-bond acceptors (Lipinski definition) is 2. The van der Waals surface area contributed by atoms with E-state index in [4.69, 9.17) is 0 Å². The molecule has 1 aromatic rings. The van der Waals surface area contributed by atoms with Gasteiger partial charge in [0.05, 0.1) is 6.42 Å². The Labute approximate surface area is 125 Å². The number of benzene rings is 1. The number of amides is 1. The van der Waals surface area contributed by atoms with E-state index in [1.807, 2.05) is 0 Å². The van der Waals surface area contributed by atoms with E-state index in [1.54, 1.807) is 4.90 Å². The van der Waals surface area contributed by atoms with Crippen molar-refractivity contribution in [3.8, 4) is 0 Å². The van der Waals surface area contributed by atoms with Gasteiger partial charge in [0.1, 0.15) is 11.6 Å². The van der Waals surface area contributed by atoms with E-state index in [1.165, 1.54) is 12.1 Å². The second-order valence-corrected chi connectivity index (χ2v) is 5.62. The van der Waals surface area contributed by atoms with Gasteiger partial charge >= 0.3 is 0 Å². The van der Waals surface area contributed by atoms with Gasteiger partial charge in [0.2, 0.25) is 5.91 Å². The van der Waals surface area contributed by atoms with Gasteiger partial charge in [-0.05, 0) is 11.6 Å². The van der Waals surface area contributed by atoms with Crippen LogP contribution in [0.4, 0.5) is 8.78 Å². The molecule has 0 aromatic heterocycles. The zero-order valence-corrected chi connectivity index (χ0v) is 12.7. The normalized spacial score (nSPS) is 16.4. The van der Waals surface area contributed by atoms with E-state index in [2.05, 4.69) is 20.8 Å². The van der Waals surface area contributed by atoms with Crippen LogP contribution in [-0.2, 0) is 11.2 Å². The largest absolute Gasteiger partial charge is 0.340 e. The van der Waals surface area contributed by atoms with E-state index in [-0.39, 0.29) is 17.9 Å². The highest BCUT2D eigenvalue weighted by Gasteiger charge is 2.21. The summed E-state index contributed by atoms with van der Waals surface area (Å²) >= 11 is 3.39. The first kappa shape index (κ1) is 15.4. The minimum absolute atomic E-state index is 0.00937. The van der Waals surface area contributed by atoms with Crippen molar-refractivity contribution >= 4 is 21.8 Å². The van der Waals surface area contributed by atoms with E-state index < -0.39 is 11.6 Å². The molecule has 0 atom stereocenters. The highest BCUT2D eigenvalue weighted by Crippen LogP contribution is 2.12. The summed E-state index contributed by atoms with van der Waals surface area (Å²) in [5, 5.41) is 0.918. The zero-order chi connectivity index (χ0) is 14.5. The molecule has 1 aliphatic rings. The molecule has 1 fully saturated rings. The molecule has 1 amide bonds. The predicted octanol–water partition coefficient (Wildman–Crippen LogP) is 2.05. The molecule has 0 bridgehead atoms. The summed E-state index contributed by atoms with van der Waals surface area (Å²) in [7, 11) is 0. The molecule has 110 valence electrons. The van der Waals surface area contributed by atoms with Gasteiger partial charge in [0.25, 0.3) is 0 Å². The molecule has 0 unspecified atom stereocenters. The van der Waals surface area contributed by atoms with Gasteiger partial charge in [-0.3, -0.25) is 9.69 Å². The topological polar surface area (TPSA) is 23.6 Å². The number of hydrogen-bond donors (Lipinski definition) is 0. The summed E-state index contributed by atoms with van der Waals surface area (Å²) in [4.78, 5) is 16.1. The van der Waals surface area contributed by atoms with Crippen molar-refractivity contribution in [1.29, 1.82) is 0 Å². The number of piperazine rings is 1. The second-order valence-electron chi connectivity index (χ2n) is 4.82. The first-order valence-electron chi connectivity index (χ1n) is 6.60. The highest BCUT2D eigenvalue weighted by atomic mass is 79.9. The quantitative estimate of drug-likeness (QED) is 0.779. The highest BCUT2D eigenvalue weighted by molar-refractivity contribution is 9.09. The molecule has 1 aromatic carbocycles. The Morgan fingerprint density at radius 1 is 1.20 bits per heavy atom. The van der Waals surface area contributed by atoms with Gasteiger partial charge in [0, 0.05) is 44.1 Å². The van der Waals surface area contributed by atoms with Gasteiger partial charge in [0.15, 0.2) is 0 Å². The third-order valence-corrected chi connectivity index (χ3v) is 3.84. The fraction of sp³-hybridized carbons (Fsp3) is 0.500. The van der Waals surface area contributed by atoms with Crippen LogP contribution in [0.15, 0.2) is 18.2 Å². The van der Waals surface area contributed by atoms with Crippen molar-refractivity contribution in [2.45, 2.75) is 6.42 Å². The summed E-state index contributed by atoms with van der Waals surface area (Å²) in [5.41, 5.74) is 0.249. The lowest BCUT2D eigenvalue weighted by Crippen LogP contribution is -2.49. The molecule has 6 heteroatoms. The molecule has 0 N–H and O–H groups in total. The molecule has 0 aliphatic carbocycles. The van der Waals surface area contributed by atoms with E-state index in [0.717, 1.165) is 31.0 Å². The fourth-order valence-electron chi connectivity index (χ4n) is 2.28. The van der Waals surface area contributed by atoms with Crippen LogP contribution in [0.3, 0.4) is 0 Å². The Hall–Kier alpha value is -1.01. The molecule has 1 aliphatic heterocycles. The van der Waals surface area contributed by atoms with Gasteiger partial charge < -0.3 is 4.90 Å². The van der Waals surface area contributed by atoms with E-state index in [0.29, 0.717) is 13.1 Å². The molecule has 0 saturated carbocycles. The first-order chi connectivity index (χ1) is 9.60. The third-order valence-electron chi connectivity index (χ3n) is 3.48. The average Bonchev–Trinajstić information content (AvgIpc) is 2.43. The van der Waals surface area contributed by atoms with Gasteiger partial charge in [-0.15, -0.1) is 0 Å². The van der Waals surface area contributed by atoms with Crippen molar-refractivity contribution in [2.24, 2.45) is 0 Å². The first-order valence-corrected chi connectivity index (χ1v) is 7.72. The second kappa shape index (κ2) is 7.13. The molecule has 20 heavy (non-hydrogen) atoms. The monoisotopic (exact) mass is 346 g/mol. The van der Waals surface area contributed by atoms with Crippen molar-refractivity contribution < 1.29 is 13.6 Å². The minimum atomic E-state index is -0.656. The van der Waals surface area contributed by atoms with Crippen LogP contribution in [0, 0.1) is 11.6 Å². The zero-order valence-electron chi connectivity index (χ0n) is 11.1. The molecule has 1 heterocycles. The molecular weight excluding hydrogens is 330 g/mol. The Kier molecular flexibility index (Phi) is 5.48. The Morgan fingerprint density at radius 3 is 2.50 bits per heavy atom. The van der Waals surface area contributed by atoms with Gasteiger partial charge in [-0.2, -0.15) is 0 Å². The summed E-state index contributed by atoms with van der Waals surface area (Å²) in [6, 6.07) is 3.33. The molecule has 2 rings (SSSR count). The summed E-state index contributed by atoms with van der Waals surface area (Å²) in [6.07, 6.45) is -0.00937. The summed E-state index contributed by atoms with van der Waals surface area (Å²) in [5.74, 6) is -1.38. The maximum absolute atomic E-state index is 13.5. The van der Waals surface area contributed by atoms with Crippen LogP contribution < -0.4 is 0 Å². The fourth-order valence-corrected chi connectivity index (χ4v) is 2.78. The van der Waals surface area contributed by atoms with E-state index >= 15 is 0 Å². The van der Waals surface area contributed by atoms with Crippen molar-refractivity contribution in [3.63, 3.8) is 0 Å². The maximum atomic E-state index is 13.5. The standard InChI is InChI=1S/C14H17BrF2N2O/c15-3-4-18-5-7-19(8-6-18)14(20)9-11-1-2-12(16)10-13(11)17/h1-2,10H,3-9H2. The average molecular weight is 347 g/mol. The van der Waals surface area contributed by atoms with Crippen LogP contribution in [0.5, 0.6) is 0 Å². The Bertz CT molecular complexity index is 476. The Balaban J connectivity index is 1.89. The Morgan fingerprint density at radius 2 is 1.90 bits per heavy atom.